The van der Waals surface area contributed by atoms with E-state index in [2.05, 4.69) is 18.1 Å². The van der Waals surface area contributed by atoms with Crippen LogP contribution in [0.5, 0.6) is 0 Å². The van der Waals surface area contributed by atoms with E-state index < -0.39 is 0 Å². The minimum Gasteiger partial charge on any atom is -0.298 e. The SMILES string of the molecule is CCc1cc(CSc2cccc(C=O)c2)n(C)n1. The van der Waals surface area contributed by atoms with Gasteiger partial charge in [0, 0.05) is 29.0 Å². The van der Waals surface area contributed by atoms with E-state index >= 15 is 0 Å². The predicted octanol–water partition coefficient (Wildman–Crippen LogP) is 3.09. The molecule has 2 rings (SSSR count). The lowest BCUT2D eigenvalue weighted by Gasteiger charge is -2.02. The number of aryl methyl sites for hydroxylation is 2. The predicted molar refractivity (Wildman–Crippen MR) is 74.0 cm³/mol. The molecule has 18 heavy (non-hydrogen) atoms. The van der Waals surface area contributed by atoms with Crippen LogP contribution in [0.2, 0.25) is 0 Å². The van der Waals surface area contributed by atoms with Gasteiger partial charge in [-0.15, -0.1) is 11.8 Å². The van der Waals surface area contributed by atoms with Gasteiger partial charge in [0.25, 0.3) is 0 Å². The Morgan fingerprint density at radius 1 is 1.39 bits per heavy atom. The minimum atomic E-state index is 0.722. The molecule has 0 unspecified atom stereocenters. The summed E-state index contributed by atoms with van der Waals surface area (Å²) in [5, 5.41) is 4.42. The van der Waals surface area contributed by atoms with Crippen molar-refractivity contribution in [2.24, 2.45) is 7.05 Å². The number of rotatable bonds is 5. The van der Waals surface area contributed by atoms with Crippen LogP contribution < -0.4 is 0 Å². The maximum Gasteiger partial charge on any atom is 0.150 e. The number of carbonyl (C=O) groups is 1. The van der Waals surface area contributed by atoms with Crippen LogP contribution in [-0.4, -0.2) is 16.1 Å². The molecular formula is C14H16N2OS. The zero-order valence-corrected chi connectivity index (χ0v) is 11.4. The molecule has 0 bridgehead atoms. The summed E-state index contributed by atoms with van der Waals surface area (Å²) in [6, 6.07) is 9.79. The number of aldehydes is 1. The topological polar surface area (TPSA) is 34.9 Å². The Bertz CT molecular complexity index is 548. The lowest BCUT2D eigenvalue weighted by molar-refractivity contribution is 0.112. The fourth-order valence-corrected chi connectivity index (χ4v) is 2.69. The van der Waals surface area contributed by atoms with E-state index in [-0.39, 0.29) is 0 Å². The Morgan fingerprint density at radius 2 is 2.22 bits per heavy atom. The molecular weight excluding hydrogens is 244 g/mol. The summed E-state index contributed by atoms with van der Waals surface area (Å²) in [5.41, 5.74) is 3.04. The molecule has 1 heterocycles. The summed E-state index contributed by atoms with van der Waals surface area (Å²) < 4.78 is 1.93. The first kappa shape index (κ1) is 12.9. The fraction of sp³-hybridized carbons (Fsp3) is 0.286. The third-order valence-corrected chi connectivity index (χ3v) is 3.80. The summed E-state index contributed by atoms with van der Waals surface area (Å²) >= 11 is 1.72. The summed E-state index contributed by atoms with van der Waals surface area (Å²) in [6.45, 7) is 2.10. The fourth-order valence-electron chi connectivity index (χ4n) is 1.71. The van der Waals surface area contributed by atoms with Gasteiger partial charge in [0.05, 0.1) is 5.69 Å². The Balaban J connectivity index is 2.06. The van der Waals surface area contributed by atoms with Crippen LogP contribution in [0.1, 0.15) is 28.7 Å². The number of hydrogen-bond donors (Lipinski definition) is 0. The van der Waals surface area contributed by atoms with Crippen LogP contribution in [0, 0.1) is 0 Å². The van der Waals surface area contributed by atoms with Gasteiger partial charge < -0.3 is 0 Å². The first-order valence-electron chi connectivity index (χ1n) is 5.92. The Labute approximate surface area is 111 Å². The maximum atomic E-state index is 10.7. The van der Waals surface area contributed by atoms with Crippen molar-refractivity contribution in [1.82, 2.24) is 9.78 Å². The molecule has 94 valence electrons. The van der Waals surface area contributed by atoms with Gasteiger partial charge in [0.2, 0.25) is 0 Å². The number of carbonyl (C=O) groups excluding carboxylic acids is 1. The molecule has 3 nitrogen and oxygen atoms in total. The monoisotopic (exact) mass is 260 g/mol. The van der Waals surface area contributed by atoms with Crippen molar-refractivity contribution in [2.75, 3.05) is 0 Å². The first-order chi connectivity index (χ1) is 8.72. The molecule has 0 radical (unpaired) electrons. The second kappa shape index (κ2) is 5.87. The zero-order valence-electron chi connectivity index (χ0n) is 10.6. The normalized spacial score (nSPS) is 10.6. The van der Waals surface area contributed by atoms with Crippen LogP contribution in [0.25, 0.3) is 0 Å². The molecule has 0 amide bonds. The van der Waals surface area contributed by atoms with E-state index in [9.17, 15) is 4.79 Å². The summed E-state index contributed by atoms with van der Waals surface area (Å²) in [4.78, 5) is 11.8. The van der Waals surface area contributed by atoms with E-state index in [0.29, 0.717) is 0 Å². The Morgan fingerprint density at radius 3 is 2.89 bits per heavy atom. The molecule has 0 saturated heterocycles. The average Bonchev–Trinajstić information content (AvgIpc) is 2.77. The molecule has 2 aromatic rings. The third-order valence-electron chi connectivity index (χ3n) is 2.77. The minimum absolute atomic E-state index is 0.722. The summed E-state index contributed by atoms with van der Waals surface area (Å²) in [5.74, 6) is 0.867. The van der Waals surface area contributed by atoms with Gasteiger partial charge in [-0.05, 0) is 24.6 Å². The maximum absolute atomic E-state index is 10.7. The molecule has 0 fully saturated rings. The van der Waals surface area contributed by atoms with Crippen LogP contribution in [0.3, 0.4) is 0 Å². The van der Waals surface area contributed by atoms with Crippen molar-refractivity contribution >= 4 is 18.0 Å². The van der Waals surface area contributed by atoms with Crippen LogP contribution in [-0.2, 0) is 19.2 Å². The molecule has 0 aliphatic carbocycles. The van der Waals surface area contributed by atoms with E-state index in [0.717, 1.165) is 34.6 Å². The second-order valence-corrected chi connectivity index (χ2v) is 5.13. The molecule has 4 heteroatoms. The standard InChI is InChI=1S/C14H16N2OS/c1-3-12-8-13(16(2)15-12)10-18-14-6-4-5-11(7-14)9-17/h4-9H,3,10H2,1-2H3. The lowest BCUT2D eigenvalue weighted by atomic mass is 10.2. The zero-order chi connectivity index (χ0) is 13.0. The molecule has 1 aromatic carbocycles. The summed E-state index contributed by atoms with van der Waals surface area (Å²) in [6.07, 6.45) is 1.84. The van der Waals surface area contributed by atoms with E-state index in [1.54, 1.807) is 11.8 Å². The molecule has 0 aliphatic rings. The molecule has 0 saturated carbocycles. The lowest BCUT2D eigenvalue weighted by Crippen LogP contribution is -1.96. The molecule has 0 spiro atoms. The van der Waals surface area contributed by atoms with Crippen molar-refractivity contribution in [3.63, 3.8) is 0 Å². The number of aromatic nitrogens is 2. The van der Waals surface area contributed by atoms with Crippen molar-refractivity contribution < 1.29 is 4.79 Å². The Kier molecular flexibility index (Phi) is 4.20. The van der Waals surface area contributed by atoms with E-state index in [1.807, 2.05) is 36.0 Å². The highest BCUT2D eigenvalue weighted by Gasteiger charge is 2.04. The van der Waals surface area contributed by atoms with Gasteiger partial charge >= 0.3 is 0 Å². The van der Waals surface area contributed by atoms with Gasteiger partial charge in [-0.25, -0.2) is 0 Å². The van der Waals surface area contributed by atoms with Crippen LogP contribution in [0.15, 0.2) is 35.2 Å². The number of nitrogens with zero attached hydrogens (tertiary/aromatic N) is 2. The number of thioether (sulfide) groups is 1. The second-order valence-electron chi connectivity index (χ2n) is 4.08. The quantitative estimate of drug-likeness (QED) is 0.612. The van der Waals surface area contributed by atoms with Crippen molar-refractivity contribution in [1.29, 1.82) is 0 Å². The van der Waals surface area contributed by atoms with Crippen molar-refractivity contribution in [3.05, 3.63) is 47.3 Å². The average molecular weight is 260 g/mol. The van der Waals surface area contributed by atoms with Gasteiger partial charge in [0.1, 0.15) is 6.29 Å². The van der Waals surface area contributed by atoms with Crippen molar-refractivity contribution in [3.8, 4) is 0 Å². The Hall–Kier alpha value is -1.55. The number of hydrogen-bond acceptors (Lipinski definition) is 3. The molecule has 0 N–H and O–H groups in total. The number of benzene rings is 1. The summed E-state index contributed by atoms with van der Waals surface area (Å²) in [7, 11) is 1.97. The van der Waals surface area contributed by atoms with Gasteiger partial charge in [0.15, 0.2) is 0 Å². The van der Waals surface area contributed by atoms with Gasteiger partial charge in [-0.1, -0.05) is 19.1 Å². The van der Waals surface area contributed by atoms with E-state index in [4.69, 9.17) is 0 Å². The van der Waals surface area contributed by atoms with E-state index in [1.165, 1.54) is 5.69 Å². The largest absolute Gasteiger partial charge is 0.298 e. The smallest absolute Gasteiger partial charge is 0.150 e. The highest BCUT2D eigenvalue weighted by atomic mass is 32.2. The van der Waals surface area contributed by atoms with Crippen LogP contribution >= 0.6 is 11.8 Å². The first-order valence-corrected chi connectivity index (χ1v) is 6.91. The van der Waals surface area contributed by atoms with Crippen molar-refractivity contribution in [2.45, 2.75) is 24.0 Å². The highest BCUT2D eigenvalue weighted by Crippen LogP contribution is 2.23. The molecule has 0 atom stereocenters. The third kappa shape index (κ3) is 3.01. The van der Waals surface area contributed by atoms with Gasteiger partial charge in [-0.3, -0.25) is 9.48 Å². The van der Waals surface area contributed by atoms with Crippen LogP contribution in [0.4, 0.5) is 0 Å². The molecule has 1 aromatic heterocycles. The molecule has 0 aliphatic heterocycles. The van der Waals surface area contributed by atoms with Gasteiger partial charge in [-0.2, -0.15) is 5.10 Å². The highest BCUT2D eigenvalue weighted by molar-refractivity contribution is 7.98.